The van der Waals surface area contributed by atoms with Crippen LogP contribution in [0.1, 0.15) is 141 Å². The number of hydrogen-bond donors (Lipinski definition) is 8. The van der Waals surface area contributed by atoms with Gasteiger partial charge in [0.2, 0.25) is 39.4 Å². The van der Waals surface area contributed by atoms with E-state index in [9.17, 15) is 40.6 Å². The summed E-state index contributed by atoms with van der Waals surface area (Å²) in [7, 11) is -1.06. The highest BCUT2D eigenvalue weighted by atomic mass is 32.2. The Morgan fingerprint density at radius 3 is 2.01 bits per heavy atom. The molecule has 0 unspecified atom stereocenters. The summed E-state index contributed by atoms with van der Waals surface area (Å²) in [6.07, 6.45) is 16.4. The van der Waals surface area contributed by atoms with Crippen LogP contribution in [0.15, 0.2) is 117 Å². The van der Waals surface area contributed by atoms with Gasteiger partial charge in [0.25, 0.3) is 10.1 Å². The van der Waals surface area contributed by atoms with Gasteiger partial charge in [-0.15, -0.1) is 11.3 Å². The van der Waals surface area contributed by atoms with E-state index in [1.165, 1.54) is 23.5 Å². The SMILES string of the molecule is CCN(CC)c1ccc2c(-c3ccc(S(=O)(=O)NCCCCCCCCCCCCNC(=O)NCCCC[C@H](NC(=O)Cc4csc(=N)n4C)C(=O)N[C@@H](Cc4c[n+](Cc5ccccc5)cn4C)C(=O)NC4CC[N+](C)(C)CC4)cc3S(=O)(=O)O)c3ccc(=[N+](CC)CC)cc-3oc2c1. The molecule has 3 aliphatic rings. The molecule has 8 rings (SSSR count). The molecular formula is C73H106N13O10S3+3. The lowest BCUT2D eigenvalue weighted by atomic mass is 9.93. The van der Waals surface area contributed by atoms with Crippen LogP contribution < -0.4 is 55.5 Å². The molecule has 5 aromatic rings. The van der Waals surface area contributed by atoms with E-state index in [1.807, 2.05) is 78.7 Å². The van der Waals surface area contributed by atoms with Crippen LogP contribution in [-0.4, -0.2) is 150 Å². The Morgan fingerprint density at radius 1 is 0.747 bits per heavy atom. The van der Waals surface area contributed by atoms with E-state index in [0.29, 0.717) is 77.2 Å². The highest BCUT2D eigenvalue weighted by Crippen LogP contribution is 2.43. The minimum absolute atomic E-state index is 0.0279. The van der Waals surface area contributed by atoms with Gasteiger partial charge in [-0.05, 0) is 95.7 Å². The van der Waals surface area contributed by atoms with Crippen LogP contribution in [0.4, 0.5) is 10.5 Å². The molecule has 5 amide bonds. The summed E-state index contributed by atoms with van der Waals surface area (Å²) < 4.78 is 82.5. The standard InChI is InChI=1S/C73H103N13O10S3/c1-9-84(10-2)55-31-34-60-65(45-55)96-66-46-56(85(11-3)12-4)32-35-61(66)69(60)62-36-33-59(48-67(62)99(93,94)95)98(91,92)77-41-26-20-18-16-14-13-15-17-19-25-39-75-73(90)76-40-27-24-30-63(79-68(87)47-58-51-97-72(74)82(58)6)70(88)80-64(71(89)78-54-37-42-86(7,8)43-38-54)44-57-50-83(52-81(57)5)49-53-28-22-21-23-29-53/h21-23,28-29,31-36,45-46,48,50-52,54,63-64,74,77H,9-20,24-27,30,37-44,47,49H2,1-8H3,(H3-3,75,76,78,79,80,87,88,89,90,93,94,95)/p+3/t63-,64-/m0/s1. The number of carbonyl (C=O) groups is 4. The van der Waals surface area contributed by atoms with Gasteiger partial charge in [0, 0.05) is 116 Å². The van der Waals surface area contributed by atoms with Crippen LogP contribution in [0, 0.1) is 5.41 Å². The number of sulfonamides is 1. The summed E-state index contributed by atoms with van der Waals surface area (Å²) in [5.41, 5.74) is 5.32. The Bertz CT molecular complexity index is 4180. The number of unbranched alkanes of at least 4 members (excludes halogenated alkanes) is 10. The highest BCUT2D eigenvalue weighted by Gasteiger charge is 2.34. The lowest BCUT2D eigenvalue weighted by Gasteiger charge is -2.37. The van der Waals surface area contributed by atoms with Crippen LogP contribution in [0.5, 0.6) is 0 Å². The lowest BCUT2D eigenvalue weighted by Crippen LogP contribution is -2.57. The van der Waals surface area contributed by atoms with Gasteiger partial charge in [-0.2, -0.15) is 8.42 Å². The molecule has 23 nitrogen and oxygen atoms in total. The number of benzene rings is 4. The molecule has 1 saturated heterocycles. The van der Waals surface area contributed by atoms with Crippen molar-refractivity contribution in [3.63, 3.8) is 0 Å². The fourth-order valence-corrected chi connectivity index (χ4v) is 15.7. The van der Waals surface area contributed by atoms with Gasteiger partial charge in [0.1, 0.15) is 59.8 Å². The maximum Gasteiger partial charge on any atom is 0.314 e. The van der Waals surface area contributed by atoms with Crippen molar-refractivity contribution in [2.75, 3.05) is 77.9 Å². The molecule has 2 atom stereocenters. The van der Waals surface area contributed by atoms with Gasteiger partial charge < -0.3 is 45.0 Å². The minimum Gasteiger partial charge on any atom is -0.456 e. The van der Waals surface area contributed by atoms with Gasteiger partial charge in [-0.1, -0.05) is 87.8 Å². The zero-order valence-electron chi connectivity index (χ0n) is 59.2. The van der Waals surface area contributed by atoms with Gasteiger partial charge in [0.05, 0.1) is 51.6 Å². The quantitative estimate of drug-likeness (QED) is 0.00601. The van der Waals surface area contributed by atoms with Crippen molar-refractivity contribution >= 4 is 71.9 Å². The Kier molecular flexibility index (Phi) is 28.4. The van der Waals surface area contributed by atoms with Crippen molar-refractivity contribution in [3.05, 3.63) is 130 Å². The number of aromatic nitrogens is 3. The van der Waals surface area contributed by atoms with E-state index in [4.69, 9.17) is 9.83 Å². The average molecular weight is 1420 g/mol. The predicted octanol–water partition coefficient (Wildman–Crippen LogP) is 8.12. The Hall–Kier alpha value is -7.75. The number of fused-ring (bicyclic) bond motifs is 2. The van der Waals surface area contributed by atoms with Crippen LogP contribution >= 0.6 is 11.3 Å². The first-order valence-corrected chi connectivity index (χ1v) is 39.2. The molecule has 8 N–H and O–H groups in total. The topological polar surface area (TPSA) is 286 Å². The molecule has 0 spiro atoms. The number of quaternary nitrogens is 1. The molecule has 2 aromatic heterocycles. The number of thiazole rings is 1. The lowest BCUT2D eigenvalue weighted by molar-refractivity contribution is -0.895. The average Bonchev–Trinajstić information content (AvgIpc) is 1.74. The van der Waals surface area contributed by atoms with Crippen LogP contribution in [0.2, 0.25) is 0 Å². The number of likely N-dealkylation sites (tertiary alicyclic amines) is 1. The number of nitrogens with zero attached hydrogens (tertiary/aromatic N) is 6. The zero-order valence-corrected chi connectivity index (χ0v) is 61.6. The molecule has 1 aliphatic carbocycles. The summed E-state index contributed by atoms with van der Waals surface area (Å²) >= 11 is 1.22. The van der Waals surface area contributed by atoms with Crippen molar-refractivity contribution in [3.8, 4) is 22.5 Å². The van der Waals surface area contributed by atoms with Crippen molar-refractivity contribution in [1.29, 1.82) is 5.41 Å². The van der Waals surface area contributed by atoms with Gasteiger partial charge in [0.15, 0.2) is 4.80 Å². The van der Waals surface area contributed by atoms with Gasteiger partial charge in [-0.25, -0.2) is 31.6 Å². The number of imidazole rings is 1. The number of hydrogen-bond acceptors (Lipinski definition) is 12. The second kappa shape index (κ2) is 36.5. The van der Waals surface area contributed by atoms with Crippen LogP contribution in [0.25, 0.3) is 33.4 Å². The van der Waals surface area contributed by atoms with Crippen molar-refractivity contribution in [2.45, 2.75) is 171 Å². The van der Waals surface area contributed by atoms with E-state index in [2.05, 4.69) is 99.3 Å². The van der Waals surface area contributed by atoms with E-state index in [1.54, 1.807) is 17.0 Å². The molecule has 538 valence electrons. The molecule has 3 aromatic carbocycles. The van der Waals surface area contributed by atoms with Gasteiger partial charge in [-0.3, -0.25) is 24.3 Å². The van der Waals surface area contributed by atoms with E-state index in [0.717, 1.165) is 143 Å². The maximum atomic E-state index is 14.4. The molecule has 26 heteroatoms. The molecule has 99 heavy (non-hydrogen) atoms. The first kappa shape index (κ1) is 77.0. The van der Waals surface area contributed by atoms with Crippen LogP contribution in [0.3, 0.4) is 0 Å². The second-order valence-electron chi connectivity index (χ2n) is 26.8. The summed E-state index contributed by atoms with van der Waals surface area (Å²) in [4.78, 5) is 56.8. The molecule has 0 saturated carbocycles. The monoisotopic (exact) mass is 1420 g/mol. The van der Waals surface area contributed by atoms with Crippen molar-refractivity contribution in [2.24, 2.45) is 14.1 Å². The predicted molar refractivity (Wildman–Crippen MR) is 389 cm³/mol. The molecule has 2 aliphatic heterocycles. The first-order chi connectivity index (χ1) is 47.4. The summed E-state index contributed by atoms with van der Waals surface area (Å²) in [6.45, 7) is 14.8. The minimum atomic E-state index is -4.93. The number of urea groups is 1. The molecule has 1 fully saturated rings. The normalized spacial score (nSPS) is 14.0. The third kappa shape index (κ3) is 22.1. The Balaban J connectivity index is 0.745. The van der Waals surface area contributed by atoms with E-state index >= 15 is 0 Å². The molecule has 4 heterocycles. The van der Waals surface area contributed by atoms with Crippen molar-refractivity contribution in [1.82, 2.24) is 45.0 Å². The highest BCUT2D eigenvalue weighted by molar-refractivity contribution is 7.89. The largest absolute Gasteiger partial charge is 0.456 e. The number of nitrogens with one attached hydrogen (secondary N) is 7. The zero-order chi connectivity index (χ0) is 71.3. The summed E-state index contributed by atoms with van der Waals surface area (Å²) in [5, 5.41) is 26.5. The van der Waals surface area contributed by atoms with E-state index < -0.39 is 43.0 Å². The second-order valence-corrected chi connectivity index (χ2v) is 30.8. The smallest absolute Gasteiger partial charge is 0.314 e. The number of carbonyl (C=O) groups excluding carboxylic acids is 4. The van der Waals surface area contributed by atoms with E-state index in [-0.39, 0.29) is 60.2 Å². The third-order valence-electron chi connectivity index (χ3n) is 19.0. The number of rotatable bonds is 38. The fourth-order valence-electron chi connectivity index (χ4n) is 13.1. The Labute approximate surface area is 588 Å². The first-order valence-electron chi connectivity index (χ1n) is 35.4. The van der Waals surface area contributed by atoms with Crippen LogP contribution in [-0.2, 0) is 68.0 Å². The summed E-state index contributed by atoms with van der Waals surface area (Å²) in [5.74, 6) is -0.618. The number of amides is 5. The number of anilines is 1. The molecular weight excluding hydrogens is 1320 g/mol. The third-order valence-corrected chi connectivity index (χ3v) is 22.3. The van der Waals surface area contributed by atoms with Crippen molar-refractivity contribution < 1.29 is 54.0 Å². The summed E-state index contributed by atoms with van der Waals surface area (Å²) in [6, 6.07) is 23.3. The van der Waals surface area contributed by atoms with Gasteiger partial charge >= 0.3 is 6.03 Å². The fraction of sp³-hybridized carbons (Fsp3) is 0.521. The number of piperidine rings is 1. The Morgan fingerprint density at radius 2 is 1.38 bits per heavy atom. The number of aryl methyl sites for hydroxylation is 1. The maximum absolute atomic E-state index is 14.4. The molecule has 0 bridgehead atoms. The molecule has 0 radical (unpaired) electrons.